The van der Waals surface area contributed by atoms with E-state index in [9.17, 15) is 24.0 Å². The maximum Gasteiger partial charge on any atom is 0.333 e. The van der Waals surface area contributed by atoms with Crippen LogP contribution in [-0.4, -0.2) is 70.5 Å². The second-order valence-electron chi connectivity index (χ2n) is 8.67. The monoisotopic (exact) mass is 438 g/mol. The minimum atomic E-state index is -0.663. The molecule has 2 heterocycles. The molecule has 2 rings (SSSR count). The molecular formula is C21H30N2O8. The van der Waals surface area contributed by atoms with E-state index in [2.05, 4.69) is 0 Å². The second-order valence-corrected chi connectivity index (χ2v) is 8.67. The minimum absolute atomic E-state index is 0.00409. The van der Waals surface area contributed by atoms with Gasteiger partial charge in [-0.05, 0) is 40.5 Å². The molecule has 10 nitrogen and oxygen atoms in total. The number of carbonyl (C=O) groups is 5. The standard InChI is InChI=1S/C21H30N2O8/c1-20(2,10-9-19(28)31-23-17(26)7-8-18(23)27)29-13-11-21(3,4)30-14-12-22-15(24)5-6-16(22)25/h5-6H,7-14H2,1-4H3. The van der Waals surface area contributed by atoms with E-state index in [1.807, 2.05) is 27.7 Å². The van der Waals surface area contributed by atoms with Crippen LogP contribution in [0, 0.1) is 0 Å². The molecule has 10 heteroatoms. The fraction of sp³-hybridized carbons (Fsp3) is 0.667. The van der Waals surface area contributed by atoms with Crippen molar-refractivity contribution >= 4 is 29.6 Å². The third-order valence-electron chi connectivity index (χ3n) is 5.04. The van der Waals surface area contributed by atoms with Crippen molar-refractivity contribution in [2.45, 2.75) is 71.0 Å². The number of carbonyl (C=O) groups excluding carboxylic acids is 5. The summed E-state index contributed by atoms with van der Waals surface area (Å²) in [5, 5.41) is 0.537. The number of hydrogen-bond acceptors (Lipinski definition) is 8. The molecule has 4 amide bonds. The number of amides is 4. The average Bonchev–Trinajstić information content (AvgIpc) is 3.16. The van der Waals surface area contributed by atoms with Crippen molar-refractivity contribution in [1.29, 1.82) is 0 Å². The Kier molecular flexibility index (Phi) is 8.08. The Balaban J connectivity index is 1.65. The van der Waals surface area contributed by atoms with Crippen molar-refractivity contribution in [2.75, 3.05) is 19.8 Å². The molecule has 0 aliphatic carbocycles. The van der Waals surface area contributed by atoms with Crippen molar-refractivity contribution in [3.8, 4) is 0 Å². The molecule has 0 radical (unpaired) electrons. The largest absolute Gasteiger partial charge is 0.375 e. The van der Waals surface area contributed by atoms with Crippen LogP contribution in [0.25, 0.3) is 0 Å². The molecule has 0 aromatic carbocycles. The van der Waals surface area contributed by atoms with Crippen LogP contribution in [0.4, 0.5) is 0 Å². The first-order chi connectivity index (χ1) is 14.4. The smallest absolute Gasteiger partial charge is 0.333 e. The molecule has 0 bridgehead atoms. The van der Waals surface area contributed by atoms with Crippen molar-refractivity contribution < 1.29 is 38.3 Å². The Bertz CT molecular complexity index is 737. The summed E-state index contributed by atoms with van der Waals surface area (Å²) in [6.45, 7) is 8.20. The maximum atomic E-state index is 11.9. The van der Waals surface area contributed by atoms with Gasteiger partial charge >= 0.3 is 5.97 Å². The topological polar surface area (TPSA) is 120 Å². The van der Waals surface area contributed by atoms with Crippen LogP contribution < -0.4 is 0 Å². The summed E-state index contributed by atoms with van der Waals surface area (Å²) in [6, 6.07) is 0. The lowest BCUT2D eigenvalue weighted by molar-refractivity contribution is -0.198. The van der Waals surface area contributed by atoms with Gasteiger partial charge in [-0.25, -0.2) is 4.79 Å². The predicted molar refractivity (Wildman–Crippen MR) is 107 cm³/mol. The van der Waals surface area contributed by atoms with Crippen LogP contribution in [0.5, 0.6) is 0 Å². The molecule has 1 fully saturated rings. The zero-order chi connectivity index (χ0) is 23.2. The molecule has 2 aliphatic heterocycles. The molecule has 0 aromatic heterocycles. The van der Waals surface area contributed by atoms with Crippen LogP contribution in [0.1, 0.15) is 59.8 Å². The van der Waals surface area contributed by atoms with Gasteiger partial charge in [0.1, 0.15) is 0 Å². The number of hydroxylamine groups is 2. The van der Waals surface area contributed by atoms with Crippen LogP contribution >= 0.6 is 0 Å². The first-order valence-corrected chi connectivity index (χ1v) is 10.3. The summed E-state index contributed by atoms with van der Waals surface area (Å²) in [7, 11) is 0. The summed E-state index contributed by atoms with van der Waals surface area (Å²) in [5.74, 6) is -2.36. The van der Waals surface area contributed by atoms with E-state index in [0.717, 1.165) is 4.90 Å². The number of ether oxygens (including phenoxy) is 2. The Morgan fingerprint density at radius 3 is 1.97 bits per heavy atom. The molecule has 1 saturated heterocycles. The lowest BCUT2D eigenvalue weighted by atomic mass is 10.0. The third-order valence-corrected chi connectivity index (χ3v) is 5.04. The fourth-order valence-corrected chi connectivity index (χ4v) is 2.99. The van der Waals surface area contributed by atoms with Crippen molar-refractivity contribution in [3.63, 3.8) is 0 Å². The lowest BCUT2D eigenvalue weighted by Gasteiger charge is -2.30. The molecule has 0 aromatic rings. The highest BCUT2D eigenvalue weighted by Crippen LogP contribution is 2.22. The maximum absolute atomic E-state index is 11.9. The highest BCUT2D eigenvalue weighted by Gasteiger charge is 2.33. The minimum Gasteiger partial charge on any atom is -0.375 e. The van der Waals surface area contributed by atoms with Crippen LogP contribution in [0.15, 0.2) is 12.2 Å². The Hall–Kier alpha value is -2.59. The molecule has 172 valence electrons. The van der Waals surface area contributed by atoms with E-state index in [4.69, 9.17) is 14.3 Å². The summed E-state index contributed by atoms with van der Waals surface area (Å²) < 4.78 is 11.7. The first-order valence-electron chi connectivity index (χ1n) is 10.3. The van der Waals surface area contributed by atoms with Gasteiger partial charge in [0.2, 0.25) is 0 Å². The molecular weight excluding hydrogens is 408 g/mol. The summed E-state index contributed by atoms with van der Waals surface area (Å²) in [6.07, 6.45) is 3.48. The zero-order valence-corrected chi connectivity index (χ0v) is 18.5. The highest BCUT2D eigenvalue weighted by molar-refractivity contribution is 6.12. The summed E-state index contributed by atoms with van der Waals surface area (Å²) in [4.78, 5) is 64.0. The molecule has 0 atom stereocenters. The summed E-state index contributed by atoms with van der Waals surface area (Å²) in [5.41, 5.74) is -1.17. The number of nitrogens with zero attached hydrogens (tertiary/aromatic N) is 2. The molecule has 2 aliphatic rings. The second kappa shape index (κ2) is 10.1. The Labute approximate surface area is 181 Å². The average molecular weight is 438 g/mol. The van der Waals surface area contributed by atoms with Crippen molar-refractivity contribution in [2.24, 2.45) is 0 Å². The van der Waals surface area contributed by atoms with Gasteiger partial charge in [0.25, 0.3) is 23.6 Å². The van der Waals surface area contributed by atoms with Gasteiger partial charge in [-0.1, -0.05) is 0 Å². The van der Waals surface area contributed by atoms with E-state index in [1.54, 1.807) is 0 Å². The van der Waals surface area contributed by atoms with Gasteiger partial charge < -0.3 is 14.3 Å². The van der Waals surface area contributed by atoms with E-state index >= 15 is 0 Å². The number of rotatable bonds is 12. The molecule has 0 N–H and O–H groups in total. The van der Waals surface area contributed by atoms with Gasteiger partial charge in [-0.3, -0.25) is 24.1 Å². The van der Waals surface area contributed by atoms with E-state index in [0.29, 0.717) is 24.5 Å². The SMILES string of the molecule is CC(C)(CCOC(C)(C)CCC(=O)ON1C(=O)CCC1=O)OCCN1C(=O)C=CC1=O. The van der Waals surface area contributed by atoms with Crippen LogP contribution in [0.2, 0.25) is 0 Å². The van der Waals surface area contributed by atoms with Crippen LogP contribution in [0.3, 0.4) is 0 Å². The third kappa shape index (κ3) is 7.55. The number of imide groups is 2. The Morgan fingerprint density at radius 2 is 1.39 bits per heavy atom. The van der Waals surface area contributed by atoms with Gasteiger partial charge in [0.15, 0.2) is 0 Å². The van der Waals surface area contributed by atoms with Gasteiger partial charge in [0.05, 0.1) is 37.4 Å². The molecule has 0 saturated carbocycles. The predicted octanol–water partition coefficient (Wildman–Crippen LogP) is 1.28. The Morgan fingerprint density at radius 1 is 0.871 bits per heavy atom. The highest BCUT2D eigenvalue weighted by atomic mass is 16.7. The number of hydrogen-bond donors (Lipinski definition) is 0. The van der Waals surface area contributed by atoms with Crippen LogP contribution in [-0.2, 0) is 38.3 Å². The van der Waals surface area contributed by atoms with E-state index in [-0.39, 0.29) is 44.2 Å². The molecule has 31 heavy (non-hydrogen) atoms. The van der Waals surface area contributed by atoms with Gasteiger partial charge in [-0.15, -0.1) is 5.06 Å². The van der Waals surface area contributed by atoms with Crippen molar-refractivity contribution in [3.05, 3.63) is 12.2 Å². The van der Waals surface area contributed by atoms with E-state index in [1.165, 1.54) is 12.2 Å². The van der Waals surface area contributed by atoms with Gasteiger partial charge in [0, 0.05) is 25.0 Å². The van der Waals surface area contributed by atoms with Crippen molar-refractivity contribution in [1.82, 2.24) is 9.96 Å². The first kappa shape index (κ1) is 24.7. The van der Waals surface area contributed by atoms with Gasteiger partial charge in [-0.2, -0.15) is 0 Å². The normalized spacial score (nSPS) is 17.3. The molecule has 0 spiro atoms. The molecule has 0 unspecified atom stereocenters. The lowest BCUT2D eigenvalue weighted by Crippen LogP contribution is -2.37. The fourth-order valence-electron chi connectivity index (χ4n) is 2.99. The summed E-state index contributed by atoms with van der Waals surface area (Å²) >= 11 is 0. The quantitative estimate of drug-likeness (QED) is 0.418. The van der Waals surface area contributed by atoms with E-state index < -0.39 is 29.0 Å². The zero-order valence-electron chi connectivity index (χ0n) is 18.5.